The number of likely N-dealkylation sites (tertiary alicyclic amines) is 2. The molecule has 0 N–H and O–H groups in total. The number of piperidine rings is 1. The van der Waals surface area contributed by atoms with Gasteiger partial charge in [0.25, 0.3) is 11.5 Å². The molecule has 0 saturated carbocycles. The van der Waals surface area contributed by atoms with Crippen LogP contribution in [-0.4, -0.2) is 57.3 Å². The van der Waals surface area contributed by atoms with Crippen molar-refractivity contribution in [1.82, 2.24) is 19.4 Å². The summed E-state index contributed by atoms with van der Waals surface area (Å²) in [5, 5.41) is 0.471. The van der Waals surface area contributed by atoms with Crippen molar-refractivity contribution in [2.24, 2.45) is 11.8 Å². The van der Waals surface area contributed by atoms with Gasteiger partial charge >= 0.3 is 0 Å². The third-order valence-corrected chi connectivity index (χ3v) is 7.72. The van der Waals surface area contributed by atoms with Gasteiger partial charge in [0.15, 0.2) is 0 Å². The number of thiophene rings is 1. The summed E-state index contributed by atoms with van der Waals surface area (Å²) in [4.78, 5) is 48.6. The minimum Gasteiger partial charge on any atom is -0.341 e. The summed E-state index contributed by atoms with van der Waals surface area (Å²) in [6.07, 6.45) is 6.94. The molecule has 2 aliphatic heterocycles. The van der Waals surface area contributed by atoms with Gasteiger partial charge in [0.1, 0.15) is 11.4 Å². The quantitative estimate of drug-likeness (QED) is 0.728. The van der Waals surface area contributed by atoms with E-state index in [0.29, 0.717) is 32.5 Å². The van der Waals surface area contributed by atoms with E-state index in [1.54, 1.807) is 0 Å². The lowest BCUT2D eigenvalue weighted by Crippen LogP contribution is -2.44. The number of carbonyl (C=O) groups excluding carboxylic acids is 2. The first kappa shape index (κ1) is 22.0. The number of aromatic nitrogens is 2. The topological polar surface area (TPSA) is 75.5 Å². The fourth-order valence-electron chi connectivity index (χ4n) is 5.01. The standard InChI is InChI=1S/C23H32N4O3S/c1-15-10-16(2)12-26(11-15)18(28)13-27-14-24-21-19(22(27)29)17(3)20(31-21)23(30)25-8-6-4-5-7-9-25/h14-16H,4-13H2,1-3H3/t15-,16-/m0/s1. The van der Waals surface area contributed by atoms with Crippen LogP contribution < -0.4 is 5.56 Å². The molecule has 2 fully saturated rings. The zero-order valence-electron chi connectivity index (χ0n) is 18.7. The van der Waals surface area contributed by atoms with Crippen LogP contribution in [0.4, 0.5) is 0 Å². The maximum Gasteiger partial charge on any atom is 0.264 e. The maximum atomic E-state index is 13.2. The Hall–Kier alpha value is -2.22. The Morgan fingerprint density at radius 1 is 1.06 bits per heavy atom. The monoisotopic (exact) mass is 444 g/mol. The predicted octanol–water partition coefficient (Wildman–Crippen LogP) is 3.29. The third-order valence-electron chi connectivity index (χ3n) is 6.53. The molecule has 0 aromatic carbocycles. The van der Waals surface area contributed by atoms with Crippen molar-refractivity contribution in [1.29, 1.82) is 0 Å². The van der Waals surface area contributed by atoms with Crippen LogP contribution in [0.1, 0.15) is 61.2 Å². The summed E-state index contributed by atoms with van der Waals surface area (Å²) < 4.78 is 1.40. The van der Waals surface area contributed by atoms with Gasteiger partial charge in [-0.05, 0) is 43.6 Å². The first-order valence-corrected chi connectivity index (χ1v) is 12.2. The second-order valence-corrected chi connectivity index (χ2v) is 10.4. The molecule has 2 amide bonds. The minimum atomic E-state index is -0.236. The summed E-state index contributed by atoms with van der Waals surface area (Å²) in [5.74, 6) is 0.893. The number of fused-ring (bicyclic) bond motifs is 1. The highest BCUT2D eigenvalue weighted by molar-refractivity contribution is 7.20. The van der Waals surface area contributed by atoms with Gasteiger partial charge in [-0.25, -0.2) is 4.98 Å². The van der Waals surface area contributed by atoms with Crippen molar-refractivity contribution < 1.29 is 9.59 Å². The molecule has 2 aromatic heterocycles. The summed E-state index contributed by atoms with van der Waals surface area (Å²) in [7, 11) is 0. The average molecular weight is 445 g/mol. The molecule has 0 radical (unpaired) electrons. The van der Waals surface area contributed by atoms with Crippen LogP contribution in [-0.2, 0) is 11.3 Å². The van der Waals surface area contributed by atoms with Gasteiger partial charge in [-0.2, -0.15) is 0 Å². The van der Waals surface area contributed by atoms with Gasteiger partial charge < -0.3 is 9.80 Å². The lowest BCUT2D eigenvalue weighted by Gasteiger charge is -2.35. The van der Waals surface area contributed by atoms with Crippen molar-refractivity contribution in [2.75, 3.05) is 26.2 Å². The molecule has 2 atom stereocenters. The zero-order valence-corrected chi connectivity index (χ0v) is 19.5. The van der Waals surface area contributed by atoms with Crippen molar-refractivity contribution in [3.05, 3.63) is 27.1 Å². The molecule has 31 heavy (non-hydrogen) atoms. The van der Waals surface area contributed by atoms with Crippen LogP contribution in [0.25, 0.3) is 10.2 Å². The van der Waals surface area contributed by atoms with Gasteiger partial charge in [0.05, 0.1) is 16.6 Å². The van der Waals surface area contributed by atoms with E-state index in [9.17, 15) is 14.4 Å². The third kappa shape index (κ3) is 4.54. The summed E-state index contributed by atoms with van der Waals surface area (Å²) in [6, 6.07) is 0. The molecule has 4 rings (SSSR count). The van der Waals surface area contributed by atoms with E-state index in [1.807, 2.05) is 16.7 Å². The Morgan fingerprint density at radius 2 is 1.71 bits per heavy atom. The normalized spacial score (nSPS) is 22.5. The number of nitrogens with zero attached hydrogens (tertiary/aromatic N) is 4. The maximum absolute atomic E-state index is 13.2. The Labute approximate surface area is 187 Å². The van der Waals surface area contributed by atoms with Crippen molar-refractivity contribution in [2.45, 2.75) is 59.4 Å². The van der Waals surface area contributed by atoms with Crippen LogP contribution >= 0.6 is 11.3 Å². The molecular formula is C23H32N4O3S. The highest BCUT2D eigenvalue weighted by Crippen LogP contribution is 2.29. The Balaban J connectivity index is 1.59. The number of rotatable bonds is 3. The molecule has 8 heteroatoms. The molecule has 0 aliphatic carbocycles. The van der Waals surface area contributed by atoms with E-state index in [0.717, 1.165) is 58.3 Å². The molecule has 2 aliphatic rings. The van der Waals surface area contributed by atoms with E-state index in [4.69, 9.17) is 0 Å². The van der Waals surface area contributed by atoms with Gasteiger partial charge in [-0.3, -0.25) is 19.0 Å². The number of aryl methyl sites for hydroxylation is 1. The molecule has 4 heterocycles. The smallest absolute Gasteiger partial charge is 0.264 e. The van der Waals surface area contributed by atoms with Crippen molar-refractivity contribution >= 4 is 33.4 Å². The van der Waals surface area contributed by atoms with Crippen LogP contribution in [0, 0.1) is 18.8 Å². The molecule has 0 unspecified atom stereocenters. The second kappa shape index (κ2) is 9.10. The predicted molar refractivity (Wildman–Crippen MR) is 123 cm³/mol. The van der Waals surface area contributed by atoms with Crippen molar-refractivity contribution in [3.63, 3.8) is 0 Å². The van der Waals surface area contributed by atoms with E-state index < -0.39 is 0 Å². The molecular weight excluding hydrogens is 412 g/mol. The fraction of sp³-hybridized carbons (Fsp3) is 0.652. The fourth-order valence-corrected chi connectivity index (χ4v) is 6.11. The van der Waals surface area contributed by atoms with Crippen LogP contribution in [0.2, 0.25) is 0 Å². The molecule has 2 saturated heterocycles. The second-order valence-electron chi connectivity index (χ2n) is 9.37. The number of amides is 2. The van der Waals surface area contributed by atoms with E-state index in [2.05, 4.69) is 18.8 Å². The average Bonchev–Trinajstić information content (AvgIpc) is 2.90. The van der Waals surface area contributed by atoms with E-state index in [1.165, 1.54) is 22.2 Å². The lowest BCUT2D eigenvalue weighted by molar-refractivity contribution is -0.134. The minimum absolute atomic E-state index is 0.000665. The van der Waals surface area contributed by atoms with Crippen molar-refractivity contribution in [3.8, 4) is 0 Å². The van der Waals surface area contributed by atoms with Crippen LogP contribution in [0.15, 0.2) is 11.1 Å². The Bertz CT molecular complexity index is 1030. The Kier molecular flexibility index (Phi) is 6.46. The van der Waals surface area contributed by atoms with Crippen LogP contribution in [0.5, 0.6) is 0 Å². The van der Waals surface area contributed by atoms with Gasteiger partial charge in [-0.15, -0.1) is 11.3 Å². The summed E-state index contributed by atoms with van der Waals surface area (Å²) in [5.41, 5.74) is 0.453. The molecule has 2 aromatic rings. The molecule has 0 spiro atoms. The van der Waals surface area contributed by atoms with E-state index in [-0.39, 0.29) is 23.9 Å². The highest BCUT2D eigenvalue weighted by atomic mass is 32.1. The van der Waals surface area contributed by atoms with Crippen LogP contribution in [0.3, 0.4) is 0 Å². The molecule has 168 valence electrons. The Morgan fingerprint density at radius 3 is 2.35 bits per heavy atom. The zero-order chi connectivity index (χ0) is 22.1. The summed E-state index contributed by atoms with van der Waals surface area (Å²) >= 11 is 1.29. The highest BCUT2D eigenvalue weighted by Gasteiger charge is 2.27. The SMILES string of the molecule is Cc1c(C(=O)N2CCCCCC2)sc2ncn(CC(=O)N3C[C@@H](C)C[C@H](C)C3)c(=O)c12. The number of hydrogen-bond donors (Lipinski definition) is 0. The first-order chi connectivity index (χ1) is 14.8. The lowest BCUT2D eigenvalue weighted by atomic mass is 9.92. The largest absolute Gasteiger partial charge is 0.341 e. The molecule has 7 nitrogen and oxygen atoms in total. The van der Waals surface area contributed by atoms with Gasteiger partial charge in [-0.1, -0.05) is 26.7 Å². The number of hydrogen-bond acceptors (Lipinski definition) is 5. The first-order valence-electron chi connectivity index (χ1n) is 11.4. The van der Waals surface area contributed by atoms with Gasteiger partial charge in [0, 0.05) is 26.2 Å². The summed E-state index contributed by atoms with van der Waals surface area (Å²) in [6.45, 7) is 9.15. The van der Waals surface area contributed by atoms with E-state index >= 15 is 0 Å². The molecule has 0 bridgehead atoms. The number of carbonyl (C=O) groups is 2. The van der Waals surface area contributed by atoms with Gasteiger partial charge in [0.2, 0.25) is 5.91 Å².